The largest absolute Gasteiger partial charge is 0.419 e. The Labute approximate surface area is 83.6 Å². The summed E-state index contributed by atoms with van der Waals surface area (Å²) in [5.74, 6) is 0. The molecule has 0 spiro atoms. The molecule has 0 radical (unpaired) electrons. The third kappa shape index (κ3) is 2.16. The standard InChI is InChI=1S/C11H22OSi/c1-11(7-3-2-4-8-11)13-10-6-5-9-12-13/h13H,2-10H2,1H3. The maximum Gasteiger partial charge on any atom is 0.182 e. The van der Waals surface area contributed by atoms with Crippen LogP contribution in [0.4, 0.5) is 0 Å². The Bertz CT molecular complexity index is 157. The van der Waals surface area contributed by atoms with Crippen LogP contribution in [0.1, 0.15) is 51.9 Å². The van der Waals surface area contributed by atoms with Crippen molar-refractivity contribution >= 4 is 9.04 Å². The lowest BCUT2D eigenvalue weighted by molar-refractivity contribution is 0.245. The molecular weight excluding hydrogens is 176 g/mol. The van der Waals surface area contributed by atoms with E-state index in [1.54, 1.807) is 0 Å². The molecule has 0 aromatic carbocycles. The fraction of sp³-hybridized carbons (Fsp3) is 1.00. The van der Waals surface area contributed by atoms with E-state index in [0.29, 0.717) is 5.04 Å². The van der Waals surface area contributed by atoms with E-state index in [1.807, 2.05) is 0 Å². The quantitative estimate of drug-likeness (QED) is 0.588. The molecule has 2 aliphatic rings. The number of hydrogen-bond acceptors (Lipinski definition) is 1. The van der Waals surface area contributed by atoms with Crippen LogP contribution in [0.15, 0.2) is 0 Å². The summed E-state index contributed by atoms with van der Waals surface area (Å²) in [7, 11) is -0.822. The summed E-state index contributed by atoms with van der Waals surface area (Å²) in [4.78, 5) is 0. The Kier molecular flexibility index (Phi) is 3.09. The van der Waals surface area contributed by atoms with Gasteiger partial charge in [-0.2, -0.15) is 0 Å². The summed E-state index contributed by atoms with van der Waals surface area (Å²) in [5.41, 5.74) is 0. The molecule has 1 aliphatic heterocycles. The maximum absolute atomic E-state index is 6.06. The Morgan fingerprint density at radius 2 is 1.77 bits per heavy atom. The summed E-state index contributed by atoms with van der Waals surface area (Å²) in [6.07, 6.45) is 10.1. The number of rotatable bonds is 1. The molecule has 0 aromatic rings. The van der Waals surface area contributed by atoms with E-state index in [9.17, 15) is 0 Å². The van der Waals surface area contributed by atoms with Gasteiger partial charge in [0.25, 0.3) is 0 Å². The Morgan fingerprint density at radius 3 is 2.38 bits per heavy atom. The van der Waals surface area contributed by atoms with Gasteiger partial charge in [0.05, 0.1) is 0 Å². The van der Waals surface area contributed by atoms with Gasteiger partial charge in [0, 0.05) is 6.61 Å². The Morgan fingerprint density at radius 1 is 1.00 bits per heavy atom. The second kappa shape index (κ2) is 4.14. The molecule has 2 fully saturated rings. The zero-order chi connectivity index (χ0) is 9.15. The van der Waals surface area contributed by atoms with E-state index in [-0.39, 0.29) is 0 Å². The molecule has 1 saturated carbocycles. The second-order valence-electron chi connectivity index (χ2n) is 5.07. The smallest absolute Gasteiger partial charge is 0.182 e. The van der Waals surface area contributed by atoms with E-state index in [2.05, 4.69) is 6.92 Å². The van der Waals surface area contributed by atoms with E-state index < -0.39 is 9.04 Å². The highest BCUT2D eigenvalue weighted by molar-refractivity contribution is 6.55. The van der Waals surface area contributed by atoms with Gasteiger partial charge in [0.1, 0.15) is 0 Å². The van der Waals surface area contributed by atoms with Crippen molar-refractivity contribution in [3.05, 3.63) is 0 Å². The van der Waals surface area contributed by atoms with Gasteiger partial charge in [0.15, 0.2) is 9.04 Å². The maximum atomic E-state index is 6.06. The van der Waals surface area contributed by atoms with Crippen LogP contribution >= 0.6 is 0 Å². The fourth-order valence-corrected chi connectivity index (χ4v) is 6.40. The van der Waals surface area contributed by atoms with Crippen molar-refractivity contribution in [1.82, 2.24) is 0 Å². The minimum atomic E-state index is -0.822. The summed E-state index contributed by atoms with van der Waals surface area (Å²) >= 11 is 0. The lowest BCUT2D eigenvalue weighted by atomic mass is 9.90. The van der Waals surface area contributed by atoms with Crippen molar-refractivity contribution in [3.63, 3.8) is 0 Å². The molecule has 0 N–H and O–H groups in total. The summed E-state index contributed by atoms with van der Waals surface area (Å²) < 4.78 is 6.06. The van der Waals surface area contributed by atoms with Crippen molar-refractivity contribution in [3.8, 4) is 0 Å². The third-order valence-corrected chi connectivity index (χ3v) is 7.66. The van der Waals surface area contributed by atoms with E-state index in [1.165, 1.54) is 51.0 Å². The van der Waals surface area contributed by atoms with Crippen LogP contribution in [0.25, 0.3) is 0 Å². The average molecular weight is 198 g/mol. The predicted octanol–water partition coefficient (Wildman–Crippen LogP) is 3.25. The van der Waals surface area contributed by atoms with E-state index >= 15 is 0 Å². The van der Waals surface area contributed by atoms with Crippen LogP contribution in [-0.4, -0.2) is 15.6 Å². The summed E-state index contributed by atoms with van der Waals surface area (Å²) in [6, 6.07) is 1.45. The van der Waals surface area contributed by atoms with Gasteiger partial charge in [-0.05, 0) is 30.3 Å². The second-order valence-corrected chi connectivity index (χ2v) is 8.35. The first-order valence-corrected chi connectivity index (χ1v) is 7.79. The Hall–Kier alpha value is 0.177. The molecule has 1 heterocycles. The first-order valence-electron chi connectivity index (χ1n) is 5.93. The van der Waals surface area contributed by atoms with Gasteiger partial charge in [-0.15, -0.1) is 0 Å². The lowest BCUT2D eigenvalue weighted by Gasteiger charge is -2.41. The third-order valence-electron chi connectivity index (χ3n) is 3.95. The normalized spacial score (nSPS) is 34.4. The summed E-state index contributed by atoms with van der Waals surface area (Å²) in [5, 5.41) is 0.665. The van der Waals surface area contributed by atoms with Crippen molar-refractivity contribution in [2.24, 2.45) is 0 Å². The lowest BCUT2D eigenvalue weighted by Crippen LogP contribution is -2.37. The van der Waals surface area contributed by atoms with Crippen LogP contribution in [0.2, 0.25) is 11.1 Å². The fourth-order valence-electron chi connectivity index (χ4n) is 2.97. The van der Waals surface area contributed by atoms with Crippen molar-refractivity contribution < 1.29 is 4.43 Å². The predicted molar refractivity (Wildman–Crippen MR) is 58.6 cm³/mol. The van der Waals surface area contributed by atoms with Crippen LogP contribution in [0, 0.1) is 0 Å². The number of hydrogen-bond donors (Lipinski definition) is 0. The highest BCUT2D eigenvalue weighted by Crippen LogP contribution is 2.47. The van der Waals surface area contributed by atoms with Gasteiger partial charge < -0.3 is 4.43 Å². The molecule has 0 amide bonds. The van der Waals surface area contributed by atoms with Gasteiger partial charge in [-0.25, -0.2) is 0 Å². The van der Waals surface area contributed by atoms with Crippen LogP contribution in [0.3, 0.4) is 0 Å². The molecule has 1 nitrogen and oxygen atoms in total. The highest BCUT2D eigenvalue weighted by atomic mass is 28.3. The molecule has 0 aromatic heterocycles. The monoisotopic (exact) mass is 198 g/mol. The molecule has 1 aliphatic carbocycles. The minimum Gasteiger partial charge on any atom is -0.419 e. The van der Waals surface area contributed by atoms with Gasteiger partial charge in [-0.3, -0.25) is 0 Å². The van der Waals surface area contributed by atoms with E-state index in [0.717, 1.165) is 6.61 Å². The van der Waals surface area contributed by atoms with Crippen molar-refractivity contribution in [1.29, 1.82) is 0 Å². The van der Waals surface area contributed by atoms with E-state index in [4.69, 9.17) is 4.43 Å². The first kappa shape index (κ1) is 9.72. The molecule has 0 bridgehead atoms. The minimum absolute atomic E-state index is 0.665. The van der Waals surface area contributed by atoms with Crippen molar-refractivity contribution in [2.75, 3.05) is 6.61 Å². The first-order chi connectivity index (χ1) is 6.31. The van der Waals surface area contributed by atoms with Gasteiger partial charge in [0.2, 0.25) is 0 Å². The topological polar surface area (TPSA) is 9.23 Å². The highest BCUT2D eigenvalue weighted by Gasteiger charge is 2.38. The van der Waals surface area contributed by atoms with Crippen molar-refractivity contribution in [2.45, 2.75) is 63.0 Å². The zero-order valence-electron chi connectivity index (χ0n) is 8.85. The molecule has 2 heteroatoms. The molecule has 1 saturated heterocycles. The SMILES string of the molecule is CC1([SiH]2CCCCO2)CCCCC1. The average Bonchev–Trinajstić information content (AvgIpc) is 2.20. The summed E-state index contributed by atoms with van der Waals surface area (Å²) in [6.45, 7) is 3.58. The van der Waals surface area contributed by atoms with Crippen LogP contribution in [-0.2, 0) is 4.43 Å². The van der Waals surface area contributed by atoms with Gasteiger partial charge >= 0.3 is 0 Å². The molecular formula is C11H22OSi. The molecule has 1 unspecified atom stereocenters. The Balaban J connectivity index is 1.94. The molecule has 13 heavy (non-hydrogen) atoms. The zero-order valence-corrected chi connectivity index (χ0v) is 10.0. The van der Waals surface area contributed by atoms with Crippen LogP contribution < -0.4 is 0 Å². The molecule has 76 valence electrons. The molecule has 2 rings (SSSR count). The molecule has 1 atom stereocenters. The van der Waals surface area contributed by atoms with Gasteiger partial charge in [-0.1, -0.05) is 32.6 Å². The van der Waals surface area contributed by atoms with Crippen LogP contribution in [0.5, 0.6) is 0 Å².